The fourth-order valence-electron chi connectivity index (χ4n) is 5.22. The number of hydrogen-bond donors (Lipinski definition) is 0. The lowest BCUT2D eigenvalue weighted by Gasteiger charge is -2.41. The Kier molecular flexibility index (Phi) is 4.79. The first-order chi connectivity index (χ1) is 15.0. The van der Waals surface area contributed by atoms with Gasteiger partial charge in [-0.2, -0.15) is 0 Å². The molecular weight excluding hydrogens is 406 g/mol. The normalized spacial score (nSPS) is 27.4. The van der Waals surface area contributed by atoms with Crippen LogP contribution in [0.2, 0.25) is 5.02 Å². The first-order valence-electron chi connectivity index (χ1n) is 10.4. The molecule has 1 heterocycles. The number of benzene rings is 3. The van der Waals surface area contributed by atoms with E-state index in [-0.39, 0.29) is 23.7 Å². The van der Waals surface area contributed by atoms with Crippen LogP contribution in [-0.2, 0) is 9.59 Å². The summed E-state index contributed by atoms with van der Waals surface area (Å²) in [4.78, 5) is 29.2. The van der Waals surface area contributed by atoms with E-state index in [9.17, 15) is 9.59 Å². The number of hydrogen-bond acceptors (Lipinski definition) is 2. The molecule has 1 fully saturated rings. The lowest BCUT2D eigenvalue weighted by Crippen LogP contribution is -2.42. The molecule has 1 aliphatic heterocycles. The number of carbonyl (C=O) groups is 2. The van der Waals surface area contributed by atoms with Gasteiger partial charge in [0, 0.05) is 16.9 Å². The molecule has 2 amide bonds. The van der Waals surface area contributed by atoms with Gasteiger partial charge in [0.25, 0.3) is 0 Å². The van der Waals surface area contributed by atoms with E-state index in [0.717, 1.165) is 11.1 Å². The minimum absolute atomic E-state index is 0.172. The van der Waals surface area contributed by atoms with Crippen LogP contribution in [-0.4, -0.2) is 11.8 Å². The quantitative estimate of drug-likeness (QED) is 0.381. The summed E-state index contributed by atoms with van der Waals surface area (Å²) in [5.41, 5.74) is 1.69. The molecule has 0 aromatic heterocycles. The zero-order valence-electron chi connectivity index (χ0n) is 17.1. The summed E-state index contributed by atoms with van der Waals surface area (Å²) < 4.78 is 0. The van der Waals surface area contributed by atoms with E-state index in [4.69, 9.17) is 11.6 Å². The Morgan fingerprint density at radius 2 is 1.45 bits per heavy atom. The van der Waals surface area contributed by atoms with Crippen molar-refractivity contribution in [3.63, 3.8) is 0 Å². The summed E-state index contributed by atoms with van der Waals surface area (Å²) in [5.74, 6) is -1.22. The van der Waals surface area contributed by atoms with Gasteiger partial charge >= 0.3 is 0 Å². The molecule has 1 saturated heterocycles. The maximum absolute atomic E-state index is 14.0. The van der Waals surface area contributed by atoms with Crippen molar-refractivity contribution in [2.24, 2.45) is 11.3 Å². The van der Waals surface area contributed by atoms with Crippen LogP contribution in [0, 0.1) is 11.3 Å². The molecule has 3 aromatic carbocycles. The zero-order chi connectivity index (χ0) is 21.6. The fourth-order valence-corrected chi connectivity index (χ4v) is 5.41. The molecule has 0 spiro atoms. The molecule has 0 saturated carbocycles. The van der Waals surface area contributed by atoms with Crippen molar-refractivity contribution in [1.29, 1.82) is 0 Å². The molecular formula is C27H22ClNO2. The van der Waals surface area contributed by atoms with Crippen molar-refractivity contribution in [3.05, 3.63) is 113 Å². The molecule has 154 valence electrons. The third-order valence-electron chi connectivity index (χ3n) is 6.72. The van der Waals surface area contributed by atoms with Gasteiger partial charge in [-0.3, -0.25) is 9.59 Å². The first kappa shape index (κ1) is 19.8. The standard InChI is InChI=1S/C27H22ClNO2/c1-27-23(19-11-6-3-7-12-19)16-15-22(18-9-4-2-5-10-18)24(27)25(30)29(26(27)31)21-14-8-13-20(28)17-21/h2-17,22-24H,1H3/t22-,23-,24+,27+/m1/s1. The number of anilines is 1. The maximum atomic E-state index is 14.0. The number of allylic oxidation sites excluding steroid dienone is 2. The third kappa shape index (κ3) is 3.03. The molecule has 3 nitrogen and oxygen atoms in total. The Bertz CT molecular complexity index is 1170. The Morgan fingerprint density at radius 3 is 2.10 bits per heavy atom. The fraction of sp³-hybridized carbons (Fsp3) is 0.185. The monoisotopic (exact) mass is 427 g/mol. The predicted octanol–water partition coefficient (Wildman–Crippen LogP) is 5.97. The van der Waals surface area contributed by atoms with E-state index >= 15 is 0 Å². The van der Waals surface area contributed by atoms with Gasteiger partial charge in [-0.05, 0) is 36.2 Å². The highest BCUT2D eigenvalue weighted by atomic mass is 35.5. The van der Waals surface area contributed by atoms with Gasteiger partial charge in [0.2, 0.25) is 11.8 Å². The second kappa shape index (κ2) is 7.51. The number of nitrogens with zero attached hydrogens (tertiary/aromatic N) is 1. The molecule has 3 aromatic rings. The van der Waals surface area contributed by atoms with Gasteiger partial charge in [0.1, 0.15) is 0 Å². The Morgan fingerprint density at radius 1 is 0.806 bits per heavy atom. The molecule has 4 heteroatoms. The summed E-state index contributed by atoms with van der Waals surface area (Å²) >= 11 is 6.19. The smallest absolute Gasteiger partial charge is 0.241 e. The topological polar surface area (TPSA) is 37.4 Å². The number of fused-ring (bicyclic) bond motifs is 1. The number of rotatable bonds is 3. The Hall–Kier alpha value is -3.17. The molecule has 0 N–H and O–H groups in total. The van der Waals surface area contributed by atoms with Crippen LogP contribution in [0.4, 0.5) is 5.69 Å². The van der Waals surface area contributed by atoms with E-state index in [0.29, 0.717) is 10.7 Å². The van der Waals surface area contributed by atoms with Crippen LogP contribution < -0.4 is 4.90 Å². The van der Waals surface area contributed by atoms with Crippen molar-refractivity contribution in [2.45, 2.75) is 18.8 Å². The van der Waals surface area contributed by atoms with Gasteiger partial charge in [0.15, 0.2) is 0 Å². The Balaban J connectivity index is 1.69. The van der Waals surface area contributed by atoms with E-state index in [1.54, 1.807) is 24.3 Å². The summed E-state index contributed by atoms with van der Waals surface area (Å²) in [6.45, 7) is 1.94. The van der Waals surface area contributed by atoms with E-state index < -0.39 is 11.3 Å². The third-order valence-corrected chi connectivity index (χ3v) is 6.96. The van der Waals surface area contributed by atoms with Crippen molar-refractivity contribution in [3.8, 4) is 0 Å². The summed E-state index contributed by atoms with van der Waals surface area (Å²) in [6, 6.07) is 26.9. The summed E-state index contributed by atoms with van der Waals surface area (Å²) in [7, 11) is 0. The van der Waals surface area contributed by atoms with Crippen LogP contribution >= 0.6 is 11.6 Å². The predicted molar refractivity (Wildman–Crippen MR) is 123 cm³/mol. The molecule has 0 bridgehead atoms. The summed E-state index contributed by atoms with van der Waals surface area (Å²) in [6.07, 6.45) is 4.21. The molecule has 1 aliphatic carbocycles. The van der Waals surface area contributed by atoms with Crippen molar-refractivity contribution < 1.29 is 9.59 Å². The average molecular weight is 428 g/mol. The molecule has 4 atom stereocenters. The SMILES string of the molecule is C[C@@]12C(=O)N(c3cccc(Cl)c3)C(=O)[C@@H]1[C@@H](c1ccccc1)C=C[C@@H]2c1ccccc1. The van der Waals surface area contributed by atoms with Crippen LogP contribution in [0.25, 0.3) is 0 Å². The van der Waals surface area contributed by atoms with Gasteiger partial charge in [-0.15, -0.1) is 0 Å². The highest BCUT2D eigenvalue weighted by molar-refractivity contribution is 6.31. The number of carbonyl (C=O) groups excluding carboxylic acids is 2. The van der Waals surface area contributed by atoms with E-state index in [2.05, 4.69) is 12.2 Å². The molecule has 31 heavy (non-hydrogen) atoms. The molecule has 5 rings (SSSR count). The molecule has 0 unspecified atom stereocenters. The maximum Gasteiger partial charge on any atom is 0.241 e. The van der Waals surface area contributed by atoms with Gasteiger partial charge in [-0.25, -0.2) is 4.90 Å². The minimum Gasteiger partial charge on any atom is -0.274 e. The van der Waals surface area contributed by atoms with Crippen LogP contribution in [0.1, 0.15) is 29.9 Å². The van der Waals surface area contributed by atoms with Crippen molar-refractivity contribution >= 4 is 29.1 Å². The van der Waals surface area contributed by atoms with Crippen molar-refractivity contribution in [1.82, 2.24) is 0 Å². The van der Waals surface area contributed by atoms with Crippen LogP contribution in [0.15, 0.2) is 97.1 Å². The first-order valence-corrected chi connectivity index (χ1v) is 10.8. The van der Waals surface area contributed by atoms with Crippen LogP contribution in [0.5, 0.6) is 0 Å². The van der Waals surface area contributed by atoms with Gasteiger partial charge in [-0.1, -0.05) is 90.5 Å². The number of halogens is 1. The largest absolute Gasteiger partial charge is 0.274 e. The lowest BCUT2D eigenvalue weighted by molar-refractivity contribution is -0.127. The minimum atomic E-state index is -0.907. The highest BCUT2D eigenvalue weighted by Gasteiger charge is 2.63. The zero-order valence-corrected chi connectivity index (χ0v) is 17.9. The average Bonchev–Trinajstić information content (AvgIpc) is 3.00. The van der Waals surface area contributed by atoms with Gasteiger partial charge < -0.3 is 0 Å². The van der Waals surface area contributed by atoms with E-state index in [1.807, 2.05) is 67.6 Å². The van der Waals surface area contributed by atoms with E-state index in [1.165, 1.54) is 4.90 Å². The second-order valence-electron chi connectivity index (χ2n) is 8.43. The Labute approximate surface area is 187 Å². The molecule has 0 radical (unpaired) electrons. The summed E-state index contributed by atoms with van der Waals surface area (Å²) in [5, 5.41) is 0.496. The van der Waals surface area contributed by atoms with Crippen molar-refractivity contribution in [2.75, 3.05) is 4.90 Å². The highest BCUT2D eigenvalue weighted by Crippen LogP contribution is 2.57. The number of imide groups is 1. The second-order valence-corrected chi connectivity index (χ2v) is 8.87. The van der Waals surface area contributed by atoms with Gasteiger partial charge in [0.05, 0.1) is 17.0 Å². The lowest BCUT2D eigenvalue weighted by atomic mass is 9.58. The molecule has 2 aliphatic rings. The van der Waals surface area contributed by atoms with Crippen LogP contribution in [0.3, 0.4) is 0 Å². The number of amides is 2.